The molecule has 0 saturated heterocycles. The molecule has 0 atom stereocenters. The molecule has 1 N–H and O–H groups in total. The van der Waals surface area contributed by atoms with E-state index in [4.69, 9.17) is 13.9 Å². The van der Waals surface area contributed by atoms with Crippen molar-refractivity contribution in [1.29, 1.82) is 0 Å². The molecule has 0 radical (unpaired) electrons. The molecule has 0 bridgehead atoms. The molecule has 2 aliphatic rings. The number of nitrogens with one attached hydrogen (secondary N) is 1. The largest absolute Gasteiger partial charge is 0.486 e. The molecule has 0 amide bonds. The molecule has 2 aromatic carbocycles. The molecule has 158 valence electrons. The van der Waals surface area contributed by atoms with Gasteiger partial charge < -0.3 is 13.9 Å². The van der Waals surface area contributed by atoms with Crippen molar-refractivity contribution in [2.75, 3.05) is 18.6 Å². The van der Waals surface area contributed by atoms with Crippen LogP contribution in [0.3, 0.4) is 0 Å². The fourth-order valence-electron chi connectivity index (χ4n) is 3.84. The Balaban J connectivity index is 1.54. The standard InChI is InChI=1S/C20H16N4O7/c25-23(26)11-4-5-13(15(8-11)24(27)28)21-22-14-2-1-3-16-20(14)12-9-18-19(10-17(12)31-16)30-7-6-29-18/h4-5,8-10,21H,1-3,6-7H2/b22-14-. The van der Waals surface area contributed by atoms with E-state index in [1.165, 1.54) is 12.1 Å². The van der Waals surface area contributed by atoms with Gasteiger partial charge in [-0.1, -0.05) is 0 Å². The van der Waals surface area contributed by atoms with Gasteiger partial charge in [0.1, 0.15) is 30.2 Å². The van der Waals surface area contributed by atoms with Crippen LogP contribution in [0, 0.1) is 20.2 Å². The number of hydrazone groups is 1. The molecule has 0 saturated carbocycles. The minimum absolute atomic E-state index is 0.0668. The van der Waals surface area contributed by atoms with Gasteiger partial charge in [0, 0.05) is 29.5 Å². The maximum Gasteiger partial charge on any atom is 0.301 e. The molecule has 0 unspecified atom stereocenters. The number of fused-ring (bicyclic) bond motifs is 4. The van der Waals surface area contributed by atoms with Crippen LogP contribution in [0.1, 0.15) is 24.2 Å². The number of aryl methyl sites for hydroxylation is 1. The zero-order valence-electron chi connectivity index (χ0n) is 16.1. The predicted molar refractivity (Wildman–Crippen MR) is 110 cm³/mol. The fraction of sp³-hybridized carbons (Fsp3) is 0.250. The number of hydrogen-bond acceptors (Lipinski definition) is 9. The molecule has 1 aromatic heterocycles. The number of benzene rings is 2. The zero-order valence-corrected chi connectivity index (χ0v) is 16.1. The topological polar surface area (TPSA) is 142 Å². The van der Waals surface area contributed by atoms with Crippen LogP contribution in [0.25, 0.3) is 11.0 Å². The van der Waals surface area contributed by atoms with E-state index in [-0.39, 0.29) is 11.4 Å². The second kappa shape index (κ2) is 7.27. The summed E-state index contributed by atoms with van der Waals surface area (Å²) in [7, 11) is 0. The number of non-ortho nitro benzene ring substituents is 1. The highest BCUT2D eigenvalue weighted by atomic mass is 16.6. The number of rotatable bonds is 4. The first kappa shape index (κ1) is 18.9. The van der Waals surface area contributed by atoms with Crippen LogP contribution < -0.4 is 14.9 Å². The van der Waals surface area contributed by atoms with E-state index in [1.54, 1.807) is 6.07 Å². The average Bonchev–Trinajstić information content (AvgIpc) is 3.13. The summed E-state index contributed by atoms with van der Waals surface area (Å²) < 4.78 is 17.3. The first-order valence-corrected chi connectivity index (χ1v) is 9.62. The number of furan rings is 1. The summed E-state index contributed by atoms with van der Waals surface area (Å²) >= 11 is 0. The lowest BCUT2D eigenvalue weighted by Crippen LogP contribution is -2.15. The average molecular weight is 424 g/mol. The maximum atomic E-state index is 11.4. The Kier molecular flexibility index (Phi) is 4.42. The molecule has 1 aliphatic carbocycles. The Bertz CT molecular complexity index is 1260. The van der Waals surface area contributed by atoms with Crippen LogP contribution in [-0.4, -0.2) is 28.8 Å². The van der Waals surface area contributed by atoms with E-state index in [0.717, 1.165) is 35.6 Å². The van der Waals surface area contributed by atoms with Gasteiger partial charge in [0.25, 0.3) is 5.69 Å². The molecule has 11 nitrogen and oxygen atoms in total. The van der Waals surface area contributed by atoms with Gasteiger partial charge in [-0.3, -0.25) is 25.7 Å². The van der Waals surface area contributed by atoms with E-state index in [9.17, 15) is 20.2 Å². The zero-order chi connectivity index (χ0) is 21.5. The summed E-state index contributed by atoms with van der Waals surface area (Å²) in [4.78, 5) is 20.9. The van der Waals surface area contributed by atoms with Gasteiger partial charge in [0.2, 0.25) is 0 Å². The first-order chi connectivity index (χ1) is 15.0. The minimum Gasteiger partial charge on any atom is -0.486 e. The molecule has 0 spiro atoms. The van der Waals surface area contributed by atoms with Gasteiger partial charge in [-0.2, -0.15) is 5.10 Å². The predicted octanol–water partition coefficient (Wildman–Crippen LogP) is 4.17. The van der Waals surface area contributed by atoms with Gasteiger partial charge in [-0.15, -0.1) is 0 Å². The number of anilines is 1. The number of ether oxygens (including phenoxy) is 2. The van der Waals surface area contributed by atoms with Gasteiger partial charge in [0.05, 0.1) is 21.6 Å². The van der Waals surface area contributed by atoms with Gasteiger partial charge in [-0.25, -0.2) is 0 Å². The number of nitrogens with zero attached hydrogens (tertiary/aromatic N) is 3. The third-order valence-corrected chi connectivity index (χ3v) is 5.23. The summed E-state index contributed by atoms with van der Waals surface area (Å²) in [5, 5.41) is 27.5. The maximum absolute atomic E-state index is 11.4. The highest BCUT2D eigenvalue weighted by Gasteiger charge is 2.26. The van der Waals surface area contributed by atoms with E-state index in [1.807, 2.05) is 6.07 Å². The van der Waals surface area contributed by atoms with Crippen molar-refractivity contribution in [1.82, 2.24) is 0 Å². The molecule has 11 heteroatoms. The van der Waals surface area contributed by atoms with Crippen LogP contribution in [0.5, 0.6) is 11.5 Å². The summed E-state index contributed by atoms with van der Waals surface area (Å²) in [6.45, 7) is 0.939. The normalized spacial score (nSPS) is 16.2. The lowest BCUT2D eigenvalue weighted by Gasteiger charge is -2.18. The molecule has 0 fully saturated rings. The van der Waals surface area contributed by atoms with E-state index < -0.39 is 15.5 Å². The molecule has 3 aromatic rings. The Morgan fingerprint density at radius 2 is 1.74 bits per heavy atom. The second-order valence-electron chi connectivity index (χ2n) is 7.13. The Morgan fingerprint density at radius 3 is 2.48 bits per heavy atom. The summed E-state index contributed by atoms with van der Waals surface area (Å²) in [6, 6.07) is 7.04. The van der Waals surface area contributed by atoms with Gasteiger partial charge in [0.15, 0.2) is 11.5 Å². The Morgan fingerprint density at radius 1 is 0.968 bits per heavy atom. The van der Waals surface area contributed by atoms with Crippen molar-refractivity contribution in [3.63, 3.8) is 0 Å². The monoisotopic (exact) mass is 424 g/mol. The minimum atomic E-state index is -0.682. The highest BCUT2D eigenvalue weighted by Crippen LogP contribution is 2.40. The summed E-state index contributed by atoms with van der Waals surface area (Å²) in [6.07, 6.45) is 2.19. The summed E-state index contributed by atoms with van der Waals surface area (Å²) in [5.74, 6) is 2.04. The van der Waals surface area contributed by atoms with Gasteiger partial charge >= 0.3 is 5.69 Å². The number of nitro groups is 2. The van der Waals surface area contributed by atoms with Crippen LogP contribution in [0.2, 0.25) is 0 Å². The van der Waals surface area contributed by atoms with E-state index in [2.05, 4.69) is 10.5 Å². The first-order valence-electron chi connectivity index (χ1n) is 9.62. The van der Waals surface area contributed by atoms with Crippen molar-refractivity contribution < 1.29 is 23.7 Å². The van der Waals surface area contributed by atoms with Crippen LogP contribution in [0.4, 0.5) is 17.1 Å². The summed E-state index contributed by atoms with van der Waals surface area (Å²) in [5.41, 5.74) is 4.16. The molecule has 5 rings (SSSR count). The van der Waals surface area contributed by atoms with E-state index in [0.29, 0.717) is 42.4 Å². The molecule has 31 heavy (non-hydrogen) atoms. The Hall–Kier alpha value is -4.15. The van der Waals surface area contributed by atoms with Crippen molar-refractivity contribution in [3.8, 4) is 11.5 Å². The van der Waals surface area contributed by atoms with Crippen molar-refractivity contribution in [3.05, 3.63) is 61.9 Å². The highest BCUT2D eigenvalue weighted by molar-refractivity contribution is 6.12. The smallest absolute Gasteiger partial charge is 0.301 e. The van der Waals surface area contributed by atoms with Gasteiger partial charge in [-0.05, 0) is 25.0 Å². The lowest BCUT2D eigenvalue weighted by atomic mass is 9.94. The molecule has 1 aliphatic heterocycles. The van der Waals surface area contributed by atoms with Crippen molar-refractivity contribution in [2.24, 2.45) is 5.10 Å². The van der Waals surface area contributed by atoms with Crippen LogP contribution >= 0.6 is 0 Å². The van der Waals surface area contributed by atoms with Crippen LogP contribution in [0.15, 0.2) is 39.9 Å². The SMILES string of the molecule is O=[N+]([O-])c1ccc(N/N=C2/CCCc3oc4cc5c(cc4c32)OCCO5)c([N+](=O)[O-])c1. The molecule has 2 heterocycles. The molecular formula is C20H16N4O7. The fourth-order valence-corrected chi connectivity index (χ4v) is 3.84. The number of hydrogen-bond donors (Lipinski definition) is 1. The third kappa shape index (κ3) is 3.29. The van der Waals surface area contributed by atoms with Crippen molar-refractivity contribution in [2.45, 2.75) is 19.3 Å². The molecular weight excluding hydrogens is 408 g/mol. The third-order valence-electron chi connectivity index (χ3n) is 5.23. The second-order valence-corrected chi connectivity index (χ2v) is 7.13. The van der Waals surface area contributed by atoms with Crippen molar-refractivity contribution >= 4 is 33.7 Å². The Labute approximate surface area is 174 Å². The lowest BCUT2D eigenvalue weighted by molar-refractivity contribution is -0.393. The van der Waals surface area contributed by atoms with E-state index >= 15 is 0 Å². The number of nitro benzene ring substituents is 2. The van der Waals surface area contributed by atoms with Crippen LogP contribution in [-0.2, 0) is 6.42 Å². The quantitative estimate of drug-likeness (QED) is 0.485.